The summed E-state index contributed by atoms with van der Waals surface area (Å²) in [5.74, 6) is -0.0695. The van der Waals surface area contributed by atoms with E-state index in [1.807, 2.05) is 26.2 Å². The smallest absolute Gasteiger partial charge is 0.268 e. The summed E-state index contributed by atoms with van der Waals surface area (Å²) in [6.07, 6.45) is 3.54. The van der Waals surface area contributed by atoms with Gasteiger partial charge in [-0.25, -0.2) is 0 Å². The van der Waals surface area contributed by atoms with Gasteiger partial charge < -0.3 is 9.88 Å². The first-order chi connectivity index (χ1) is 6.15. The van der Waals surface area contributed by atoms with Crippen molar-refractivity contribution in [3.05, 3.63) is 36.7 Å². The van der Waals surface area contributed by atoms with Crippen LogP contribution >= 0.6 is 0 Å². The van der Waals surface area contributed by atoms with Gasteiger partial charge in [0.2, 0.25) is 0 Å². The lowest BCUT2D eigenvalue weighted by atomic mass is 10.3. The second-order valence-electron chi connectivity index (χ2n) is 3.00. The van der Waals surface area contributed by atoms with Gasteiger partial charge in [0.25, 0.3) is 5.91 Å². The quantitative estimate of drug-likeness (QED) is 0.696. The number of aryl methyl sites for hydroxylation is 1. The number of hydrogen-bond donors (Lipinski definition) is 1. The molecule has 13 heavy (non-hydrogen) atoms. The van der Waals surface area contributed by atoms with Crippen LogP contribution in [0.25, 0.3) is 0 Å². The Morgan fingerprint density at radius 1 is 1.77 bits per heavy atom. The number of hydrogen-bond acceptors (Lipinski definition) is 1. The second-order valence-corrected chi connectivity index (χ2v) is 3.00. The van der Waals surface area contributed by atoms with E-state index in [1.54, 1.807) is 16.7 Å². The van der Waals surface area contributed by atoms with Crippen LogP contribution in [0.15, 0.2) is 31.0 Å². The van der Waals surface area contributed by atoms with Gasteiger partial charge in [-0.15, -0.1) is 6.58 Å². The van der Waals surface area contributed by atoms with E-state index >= 15 is 0 Å². The molecule has 3 heteroatoms. The molecule has 0 aliphatic carbocycles. The molecule has 1 N–H and O–H groups in total. The van der Waals surface area contributed by atoms with Crippen LogP contribution in [0.3, 0.4) is 0 Å². The van der Waals surface area contributed by atoms with Gasteiger partial charge in [-0.2, -0.15) is 0 Å². The van der Waals surface area contributed by atoms with E-state index in [0.717, 1.165) is 0 Å². The van der Waals surface area contributed by atoms with Gasteiger partial charge in [-0.3, -0.25) is 4.79 Å². The van der Waals surface area contributed by atoms with E-state index in [1.165, 1.54) is 0 Å². The van der Waals surface area contributed by atoms with Crippen molar-refractivity contribution in [2.24, 2.45) is 7.05 Å². The lowest BCUT2D eigenvalue weighted by Gasteiger charge is -2.09. The zero-order valence-corrected chi connectivity index (χ0v) is 7.95. The van der Waals surface area contributed by atoms with Gasteiger partial charge in [-0.05, 0) is 19.1 Å². The minimum atomic E-state index is -0.0695. The summed E-state index contributed by atoms with van der Waals surface area (Å²) in [5, 5.41) is 2.79. The number of carbonyl (C=O) groups is 1. The molecule has 0 aliphatic heterocycles. The number of rotatable bonds is 3. The number of nitrogens with zero attached hydrogens (tertiary/aromatic N) is 1. The monoisotopic (exact) mass is 178 g/mol. The van der Waals surface area contributed by atoms with Crippen molar-refractivity contribution in [2.45, 2.75) is 13.0 Å². The summed E-state index contributed by atoms with van der Waals surface area (Å²) in [4.78, 5) is 11.5. The van der Waals surface area contributed by atoms with E-state index in [4.69, 9.17) is 0 Å². The minimum absolute atomic E-state index is 0.00222. The third-order valence-corrected chi connectivity index (χ3v) is 1.89. The normalized spacial score (nSPS) is 12.2. The molecule has 70 valence electrons. The van der Waals surface area contributed by atoms with Crippen LogP contribution in [0.4, 0.5) is 0 Å². The maximum Gasteiger partial charge on any atom is 0.268 e. The zero-order valence-electron chi connectivity index (χ0n) is 7.95. The van der Waals surface area contributed by atoms with Gasteiger partial charge in [0.1, 0.15) is 5.69 Å². The van der Waals surface area contributed by atoms with Gasteiger partial charge >= 0.3 is 0 Å². The molecule has 1 heterocycles. The highest BCUT2D eigenvalue weighted by molar-refractivity contribution is 5.92. The molecule has 1 aromatic heterocycles. The first kappa shape index (κ1) is 9.58. The summed E-state index contributed by atoms with van der Waals surface area (Å²) in [6, 6.07) is 3.63. The van der Waals surface area contributed by atoms with Crippen molar-refractivity contribution < 1.29 is 4.79 Å². The van der Waals surface area contributed by atoms with Crippen molar-refractivity contribution in [1.29, 1.82) is 0 Å². The third kappa shape index (κ3) is 2.21. The summed E-state index contributed by atoms with van der Waals surface area (Å²) < 4.78 is 1.78. The molecule has 0 aliphatic rings. The molecule has 3 nitrogen and oxygen atoms in total. The van der Waals surface area contributed by atoms with E-state index in [9.17, 15) is 4.79 Å². The van der Waals surface area contributed by atoms with Crippen LogP contribution in [0.5, 0.6) is 0 Å². The van der Waals surface area contributed by atoms with Crippen molar-refractivity contribution in [2.75, 3.05) is 0 Å². The fourth-order valence-electron chi connectivity index (χ4n) is 1.04. The van der Waals surface area contributed by atoms with Crippen LogP contribution < -0.4 is 5.32 Å². The molecule has 1 amide bonds. The number of amides is 1. The lowest BCUT2D eigenvalue weighted by Crippen LogP contribution is -2.32. The van der Waals surface area contributed by atoms with E-state index in [2.05, 4.69) is 11.9 Å². The number of carbonyl (C=O) groups excluding carboxylic acids is 1. The Hall–Kier alpha value is -1.51. The molecule has 0 fully saturated rings. The Balaban J connectivity index is 2.69. The fraction of sp³-hybridized carbons (Fsp3) is 0.300. The maximum absolute atomic E-state index is 11.5. The molecule has 1 unspecified atom stereocenters. The van der Waals surface area contributed by atoms with E-state index in [0.29, 0.717) is 5.69 Å². The zero-order chi connectivity index (χ0) is 9.84. The first-order valence-electron chi connectivity index (χ1n) is 4.20. The Labute approximate surface area is 78.1 Å². The highest BCUT2D eigenvalue weighted by atomic mass is 16.2. The van der Waals surface area contributed by atoms with Crippen molar-refractivity contribution in [3.63, 3.8) is 0 Å². The van der Waals surface area contributed by atoms with Gasteiger partial charge in [-0.1, -0.05) is 6.08 Å². The largest absolute Gasteiger partial charge is 0.347 e. The molecule has 0 radical (unpaired) electrons. The van der Waals surface area contributed by atoms with Crippen molar-refractivity contribution >= 4 is 5.91 Å². The Morgan fingerprint density at radius 3 is 2.92 bits per heavy atom. The summed E-state index contributed by atoms with van der Waals surface area (Å²) in [7, 11) is 1.84. The van der Waals surface area contributed by atoms with Gasteiger partial charge in [0.15, 0.2) is 0 Å². The average Bonchev–Trinajstić information content (AvgIpc) is 2.51. The number of nitrogens with one attached hydrogen (secondary N) is 1. The lowest BCUT2D eigenvalue weighted by molar-refractivity contribution is 0.0939. The first-order valence-corrected chi connectivity index (χ1v) is 4.20. The minimum Gasteiger partial charge on any atom is -0.347 e. The Morgan fingerprint density at radius 2 is 2.46 bits per heavy atom. The molecular weight excluding hydrogens is 164 g/mol. The van der Waals surface area contributed by atoms with Crippen LogP contribution in [0.1, 0.15) is 17.4 Å². The van der Waals surface area contributed by atoms with Gasteiger partial charge in [0, 0.05) is 19.3 Å². The van der Waals surface area contributed by atoms with E-state index in [-0.39, 0.29) is 11.9 Å². The Bertz CT molecular complexity index is 314. The van der Waals surface area contributed by atoms with Crippen LogP contribution in [-0.4, -0.2) is 16.5 Å². The Kier molecular flexibility index (Phi) is 2.90. The molecule has 0 spiro atoms. The van der Waals surface area contributed by atoms with Gasteiger partial charge in [0.05, 0.1) is 0 Å². The summed E-state index contributed by atoms with van der Waals surface area (Å²) >= 11 is 0. The molecule has 0 aromatic carbocycles. The molecule has 1 aromatic rings. The van der Waals surface area contributed by atoms with Crippen LogP contribution in [-0.2, 0) is 7.05 Å². The topological polar surface area (TPSA) is 34.0 Å². The predicted molar refractivity (Wildman–Crippen MR) is 52.5 cm³/mol. The third-order valence-electron chi connectivity index (χ3n) is 1.89. The molecule has 1 atom stereocenters. The summed E-state index contributed by atoms with van der Waals surface area (Å²) in [5.41, 5.74) is 0.661. The highest BCUT2D eigenvalue weighted by Gasteiger charge is 2.09. The molecule has 0 saturated carbocycles. The fourth-order valence-corrected chi connectivity index (χ4v) is 1.04. The predicted octanol–water partition coefficient (Wildman–Crippen LogP) is 1.33. The van der Waals surface area contributed by atoms with Crippen LogP contribution in [0, 0.1) is 0 Å². The molecule has 0 bridgehead atoms. The van der Waals surface area contributed by atoms with Crippen molar-refractivity contribution in [1.82, 2.24) is 9.88 Å². The van der Waals surface area contributed by atoms with Crippen LogP contribution in [0.2, 0.25) is 0 Å². The maximum atomic E-state index is 11.5. The average molecular weight is 178 g/mol. The standard InChI is InChI=1S/C10H14N2O/c1-4-8(2)11-10(13)9-6-5-7-12(9)3/h4-8H,1H2,2-3H3,(H,11,13). The number of aromatic nitrogens is 1. The SMILES string of the molecule is C=CC(C)NC(=O)c1cccn1C. The summed E-state index contributed by atoms with van der Waals surface area (Å²) in [6.45, 7) is 5.48. The van der Waals surface area contributed by atoms with Crippen molar-refractivity contribution in [3.8, 4) is 0 Å². The second kappa shape index (κ2) is 3.94. The van der Waals surface area contributed by atoms with E-state index < -0.39 is 0 Å². The highest BCUT2D eigenvalue weighted by Crippen LogP contribution is 1.99. The molecule has 1 rings (SSSR count). The molecular formula is C10H14N2O. The molecule has 0 saturated heterocycles.